The first-order valence-electron chi connectivity index (χ1n) is 30.3. The molecule has 0 saturated carbocycles. The number of aliphatic carboxylic acids is 1. The topological polar surface area (TPSA) is 175 Å². The van der Waals surface area contributed by atoms with Gasteiger partial charge in [-0.05, 0) is 51.4 Å². The SMILES string of the molecule is CCCCC/C=C\C/C=C\CCCCCCCCCC(=O)OC1C(OCC(COC(=O)CCCCCCCCCCCCCCCCC)OC(=O)CCCCCCCCCCCCC)OC(C(=O)O)C(O)C1O. The smallest absolute Gasteiger partial charge is 0.335 e. The molecule has 12 nitrogen and oxygen atoms in total. The number of ether oxygens (including phenoxy) is 5. The maximum atomic E-state index is 13.1. The van der Waals surface area contributed by atoms with Crippen molar-refractivity contribution in [2.45, 2.75) is 327 Å². The maximum absolute atomic E-state index is 13.1. The number of esters is 3. The summed E-state index contributed by atoms with van der Waals surface area (Å²) in [6, 6.07) is 0. The lowest BCUT2D eigenvalue weighted by Crippen LogP contribution is -2.61. The monoisotopic (exact) mass is 1030 g/mol. The Morgan fingerprint density at radius 1 is 0.452 bits per heavy atom. The van der Waals surface area contributed by atoms with Crippen molar-refractivity contribution in [3.63, 3.8) is 0 Å². The van der Waals surface area contributed by atoms with E-state index >= 15 is 0 Å². The van der Waals surface area contributed by atoms with Crippen molar-refractivity contribution in [3.8, 4) is 0 Å². The molecule has 0 aromatic heterocycles. The summed E-state index contributed by atoms with van der Waals surface area (Å²) in [4.78, 5) is 51.1. The minimum atomic E-state index is -1.90. The van der Waals surface area contributed by atoms with Gasteiger partial charge in [0.05, 0.1) is 6.61 Å². The third-order valence-corrected chi connectivity index (χ3v) is 14.0. The van der Waals surface area contributed by atoms with Crippen LogP contribution in [0.25, 0.3) is 0 Å². The summed E-state index contributed by atoms with van der Waals surface area (Å²) in [5, 5.41) is 31.5. The van der Waals surface area contributed by atoms with Gasteiger partial charge in [-0.15, -0.1) is 0 Å². The molecular weight excluding hydrogens is 925 g/mol. The largest absolute Gasteiger partial charge is 0.479 e. The number of carbonyl (C=O) groups is 4. The van der Waals surface area contributed by atoms with Gasteiger partial charge in [-0.25, -0.2) is 4.79 Å². The van der Waals surface area contributed by atoms with Crippen LogP contribution < -0.4 is 0 Å². The van der Waals surface area contributed by atoms with E-state index in [-0.39, 0.29) is 25.9 Å². The molecule has 0 aromatic rings. The van der Waals surface area contributed by atoms with Gasteiger partial charge in [-0.2, -0.15) is 0 Å². The Morgan fingerprint density at radius 2 is 0.822 bits per heavy atom. The van der Waals surface area contributed by atoms with E-state index in [1.807, 2.05) is 0 Å². The number of carbonyl (C=O) groups excluding carboxylic acids is 3. The summed E-state index contributed by atoms with van der Waals surface area (Å²) in [6.07, 6.45) is 44.3. The molecule has 0 aliphatic carbocycles. The number of rotatable bonds is 52. The predicted octanol–water partition coefficient (Wildman–Crippen LogP) is 15.5. The van der Waals surface area contributed by atoms with E-state index in [1.54, 1.807) is 0 Å². The van der Waals surface area contributed by atoms with Gasteiger partial charge in [-0.3, -0.25) is 14.4 Å². The molecule has 1 heterocycles. The van der Waals surface area contributed by atoms with Crippen LogP contribution in [0.3, 0.4) is 0 Å². The Hall–Kier alpha value is -2.80. The normalized spacial score (nSPS) is 18.4. The fourth-order valence-electron chi connectivity index (χ4n) is 9.34. The Balaban J connectivity index is 2.65. The number of unbranched alkanes of at least 4 members (excludes halogenated alkanes) is 34. The van der Waals surface area contributed by atoms with Gasteiger partial charge >= 0.3 is 23.9 Å². The number of hydrogen-bond donors (Lipinski definition) is 3. The summed E-state index contributed by atoms with van der Waals surface area (Å²) >= 11 is 0. The molecule has 1 saturated heterocycles. The predicted molar refractivity (Wildman–Crippen MR) is 294 cm³/mol. The van der Waals surface area contributed by atoms with E-state index in [0.717, 1.165) is 89.9 Å². The van der Waals surface area contributed by atoms with E-state index in [4.69, 9.17) is 23.7 Å². The molecular formula is C61H110O12. The zero-order valence-corrected chi connectivity index (χ0v) is 46.9. The van der Waals surface area contributed by atoms with Crippen molar-refractivity contribution in [3.05, 3.63) is 24.3 Å². The summed E-state index contributed by atoms with van der Waals surface area (Å²) in [5.74, 6) is -3.10. The minimum Gasteiger partial charge on any atom is -0.479 e. The summed E-state index contributed by atoms with van der Waals surface area (Å²) in [7, 11) is 0. The van der Waals surface area contributed by atoms with Crippen molar-refractivity contribution in [2.75, 3.05) is 13.2 Å². The van der Waals surface area contributed by atoms with E-state index in [0.29, 0.717) is 19.3 Å². The van der Waals surface area contributed by atoms with Crippen LogP contribution in [0, 0.1) is 0 Å². The lowest BCUT2D eigenvalue weighted by molar-refractivity contribution is -0.301. The molecule has 3 N–H and O–H groups in total. The number of carboxylic acid groups (broad SMARTS) is 1. The molecule has 73 heavy (non-hydrogen) atoms. The molecule has 0 radical (unpaired) electrons. The second-order valence-electron chi connectivity index (χ2n) is 21.0. The van der Waals surface area contributed by atoms with Crippen LogP contribution >= 0.6 is 0 Å². The Bertz CT molecular complexity index is 1370. The van der Waals surface area contributed by atoms with Crippen LogP contribution in [0.4, 0.5) is 0 Å². The average Bonchev–Trinajstić information content (AvgIpc) is 3.37. The first kappa shape index (κ1) is 68.2. The van der Waals surface area contributed by atoms with Gasteiger partial charge in [0.1, 0.15) is 18.8 Å². The van der Waals surface area contributed by atoms with Crippen molar-refractivity contribution >= 4 is 23.9 Å². The molecule has 0 spiro atoms. The van der Waals surface area contributed by atoms with E-state index in [1.165, 1.54) is 141 Å². The van der Waals surface area contributed by atoms with Crippen LogP contribution in [0.2, 0.25) is 0 Å². The molecule has 426 valence electrons. The molecule has 12 heteroatoms. The molecule has 1 aliphatic rings. The van der Waals surface area contributed by atoms with E-state index in [9.17, 15) is 34.5 Å². The highest BCUT2D eigenvalue weighted by atomic mass is 16.7. The van der Waals surface area contributed by atoms with E-state index in [2.05, 4.69) is 45.1 Å². The van der Waals surface area contributed by atoms with Crippen LogP contribution in [0.15, 0.2) is 24.3 Å². The van der Waals surface area contributed by atoms with Crippen molar-refractivity contribution in [2.24, 2.45) is 0 Å². The highest BCUT2D eigenvalue weighted by Gasteiger charge is 2.50. The third kappa shape index (κ3) is 40.2. The Labute approximate surface area is 445 Å². The molecule has 1 aliphatic heterocycles. The summed E-state index contributed by atoms with van der Waals surface area (Å²) in [5.41, 5.74) is 0. The fraction of sp³-hybridized carbons (Fsp3) is 0.869. The average molecular weight is 1040 g/mol. The van der Waals surface area contributed by atoms with Crippen LogP contribution in [-0.2, 0) is 42.9 Å². The quantitative estimate of drug-likeness (QED) is 0.0228. The zero-order valence-electron chi connectivity index (χ0n) is 46.9. The molecule has 0 aromatic carbocycles. The minimum absolute atomic E-state index is 0.0564. The van der Waals surface area contributed by atoms with Crippen LogP contribution in [-0.4, -0.2) is 89.2 Å². The van der Waals surface area contributed by atoms with E-state index < -0.39 is 67.3 Å². The standard InChI is InChI=1S/C61H110O12/c1-4-7-10-13-16-19-22-24-26-27-29-31-34-37-40-43-46-49-55(64)72-59-57(66)56(65)58(60(67)68)73-61(59)70-51-52(71-54(63)48-45-42-39-36-32-21-18-15-12-9-6-3)50-69-53(62)47-44-41-38-35-33-30-28-25-23-20-17-14-11-8-5-2/h16,19,24,26,52,56-59,61,65-66H,4-15,17-18,20-23,25,27-51H2,1-3H3,(H,67,68)/b19-16-,26-24-. The molecule has 0 bridgehead atoms. The maximum Gasteiger partial charge on any atom is 0.335 e. The lowest BCUT2D eigenvalue weighted by Gasteiger charge is -2.40. The molecule has 6 unspecified atom stereocenters. The Morgan fingerprint density at radius 3 is 1.26 bits per heavy atom. The zero-order chi connectivity index (χ0) is 53.3. The first-order chi connectivity index (χ1) is 35.6. The van der Waals surface area contributed by atoms with Gasteiger partial charge in [0.15, 0.2) is 24.6 Å². The Kier molecular flexibility index (Phi) is 46.8. The fourth-order valence-corrected chi connectivity index (χ4v) is 9.34. The van der Waals surface area contributed by atoms with Gasteiger partial charge in [0, 0.05) is 19.3 Å². The van der Waals surface area contributed by atoms with Crippen LogP contribution in [0.5, 0.6) is 0 Å². The van der Waals surface area contributed by atoms with Crippen molar-refractivity contribution < 1.29 is 58.2 Å². The summed E-state index contributed by atoms with van der Waals surface area (Å²) < 4.78 is 28.4. The van der Waals surface area contributed by atoms with Crippen LogP contribution in [0.1, 0.15) is 290 Å². The third-order valence-electron chi connectivity index (χ3n) is 14.0. The molecule has 1 fully saturated rings. The number of aliphatic hydroxyl groups excluding tert-OH is 2. The number of aliphatic hydroxyl groups is 2. The van der Waals surface area contributed by atoms with Crippen molar-refractivity contribution in [1.29, 1.82) is 0 Å². The number of hydrogen-bond acceptors (Lipinski definition) is 11. The molecule has 6 atom stereocenters. The first-order valence-corrected chi connectivity index (χ1v) is 30.3. The number of carboxylic acids is 1. The summed E-state index contributed by atoms with van der Waals surface area (Å²) in [6.45, 7) is 5.99. The van der Waals surface area contributed by atoms with Gasteiger partial charge in [0.25, 0.3) is 0 Å². The van der Waals surface area contributed by atoms with Gasteiger partial charge in [-0.1, -0.05) is 244 Å². The second kappa shape index (κ2) is 50.0. The highest BCUT2D eigenvalue weighted by Crippen LogP contribution is 2.27. The number of allylic oxidation sites excluding steroid dienone is 4. The van der Waals surface area contributed by atoms with Gasteiger partial charge in [0.2, 0.25) is 0 Å². The lowest BCUT2D eigenvalue weighted by atomic mass is 9.98. The van der Waals surface area contributed by atoms with Crippen molar-refractivity contribution in [1.82, 2.24) is 0 Å². The molecule has 1 rings (SSSR count). The highest BCUT2D eigenvalue weighted by molar-refractivity contribution is 5.74. The van der Waals surface area contributed by atoms with Gasteiger partial charge < -0.3 is 39.0 Å². The second-order valence-corrected chi connectivity index (χ2v) is 21.0. The molecule has 0 amide bonds.